The minimum atomic E-state index is 0.755. The normalized spacial score (nSPS) is 34.0. The van der Waals surface area contributed by atoms with E-state index in [2.05, 4.69) is 29.1 Å². The van der Waals surface area contributed by atoms with Crippen molar-refractivity contribution in [3.05, 3.63) is 0 Å². The molecule has 2 aliphatic rings. The Bertz CT molecular complexity index is 195. The largest absolute Gasteiger partial charge is 0.312 e. The Kier molecular flexibility index (Phi) is 4.00. The van der Waals surface area contributed by atoms with Gasteiger partial charge < -0.3 is 15.1 Å². The predicted molar refractivity (Wildman–Crippen MR) is 64.1 cm³/mol. The lowest BCUT2D eigenvalue weighted by Crippen LogP contribution is -2.36. The van der Waals surface area contributed by atoms with Crippen LogP contribution in [-0.4, -0.2) is 62.2 Å². The molecule has 2 rings (SSSR count). The highest BCUT2D eigenvalue weighted by molar-refractivity contribution is 4.82. The van der Waals surface area contributed by atoms with Crippen LogP contribution in [0.2, 0.25) is 0 Å². The summed E-state index contributed by atoms with van der Waals surface area (Å²) in [6, 6.07) is 0.755. The van der Waals surface area contributed by atoms with Crippen LogP contribution in [0.1, 0.15) is 19.8 Å². The molecule has 15 heavy (non-hydrogen) atoms. The Hall–Kier alpha value is -0.120. The van der Waals surface area contributed by atoms with Crippen molar-refractivity contribution in [2.45, 2.75) is 25.8 Å². The van der Waals surface area contributed by atoms with Gasteiger partial charge in [0.15, 0.2) is 0 Å². The molecule has 2 aliphatic heterocycles. The van der Waals surface area contributed by atoms with Crippen LogP contribution in [0.4, 0.5) is 0 Å². The second kappa shape index (κ2) is 5.28. The lowest BCUT2D eigenvalue weighted by Gasteiger charge is -2.17. The van der Waals surface area contributed by atoms with Crippen molar-refractivity contribution in [3.8, 4) is 0 Å². The predicted octanol–water partition coefficient (Wildman–Crippen LogP) is 0.622. The van der Waals surface area contributed by atoms with Crippen molar-refractivity contribution in [2.75, 3.05) is 46.3 Å². The van der Waals surface area contributed by atoms with Crippen LogP contribution in [0.15, 0.2) is 0 Å². The number of likely N-dealkylation sites (N-methyl/N-ethyl adjacent to an activating group) is 1. The number of hydrogen-bond donors (Lipinski definition) is 1. The number of likely N-dealkylation sites (tertiary alicyclic amines) is 2. The molecule has 2 atom stereocenters. The average molecular weight is 211 g/mol. The molecule has 0 saturated carbocycles. The standard InChI is InChI=1S/C12H25N3/c1-3-15-7-4-11(9-15)8-13-12-5-6-14(2)10-12/h11-13H,3-10H2,1-2H3. The second-order valence-electron chi connectivity index (χ2n) is 5.20. The van der Waals surface area contributed by atoms with Gasteiger partial charge in [0.25, 0.3) is 0 Å². The summed E-state index contributed by atoms with van der Waals surface area (Å²) < 4.78 is 0. The smallest absolute Gasteiger partial charge is 0.0207 e. The zero-order chi connectivity index (χ0) is 10.7. The van der Waals surface area contributed by atoms with E-state index in [0.29, 0.717) is 0 Å². The SMILES string of the molecule is CCN1CCC(CNC2CCN(C)C2)C1. The van der Waals surface area contributed by atoms with Crippen LogP contribution < -0.4 is 5.32 Å². The molecule has 0 aliphatic carbocycles. The van der Waals surface area contributed by atoms with Crippen LogP contribution in [0, 0.1) is 5.92 Å². The summed E-state index contributed by atoms with van der Waals surface area (Å²) in [5.41, 5.74) is 0. The van der Waals surface area contributed by atoms with E-state index in [9.17, 15) is 0 Å². The number of rotatable bonds is 4. The minimum absolute atomic E-state index is 0.755. The molecule has 1 N–H and O–H groups in total. The van der Waals surface area contributed by atoms with Crippen LogP contribution in [0.25, 0.3) is 0 Å². The second-order valence-corrected chi connectivity index (χ2v) is 5.20. The first-order valence-electron chi connectivity index (χ1n) is 6.42. The maximum absolute atomic E-state index is 3.73. The van der Waals surface area contributed by atoms with Gasteiger partial charge >= 0.3 is 0 Å². The molecule has 0 amide bonds. The van der Waals surface area contributed by atoms with Crippen LogP contribution in [-0.2, 0) is 0 Å². The topological polar surface area (TPSA) is 18.5 Å². The van der Waals surface area contributed by atoms with Gasteiger partial charge in [-0.25, -0.2) is 0 Å². The number of hydrogen-bond acceptors (Lipinski definition) is 3. The Morgan fingerprint density at radius 2 is 2.07 bits per heavy atom. The van der Waals surface area contributed by atoms with E-state index < -0.39 is 0 Å². The third kappa shape index (κ3) is 3.16. The van der Waals surface area contributed by atoms with E-state index in [1.165, 1.54) is 52.1 Å². The molecule has 88 valence electrons. The van der Waals surface area contributed by atoms with E-state index in [0.717, 1.165) is 12.0 Å². The van der Waals surface area contributed by atoms with E-state index in [1.54, 1.807) is 0 Å². The van der Waals surface area contributed by atoms with E-state index >= 15 is 0 Å². The van der Waals surface area contributed by atoms with Crippen molar-refractivity contribution in [1.82, 2.24) is 15.1 Å². The lowest BCUT2D eigenvalue weighted by molar-refractivity contribution is 0.333. The number of nitrogens with zero attached hydrogens (tertiary/aromatic N) is 2. The molecule has 3 nitrogen and oxygen atoms in total. The summed E-state index contributed by atoms with van der Waals surface area (Å²) in [5, 5.41) is 3.73. The molecule has 2 heterocycles. The Morgan fingerprint density at radius 3 is 2.67 bits per heavy atom. The molecule has 3 heteroatoms. The molecule has 2 fully saturated rings. The first-order chi connectivity index (χ1) is 7.28. The first-order valence-corrected chi connectivity index (χ1v) is 6.42. The molecule has 2 unspecified atom stereocenters. The quantitative estimate of drug-likeness (QED) is 0.735. The van der Waals surface area contributed by atoms with Crippen molar-refractivity contribution in [2.24, 2.45) is 5.92 Å². The van der Waals surface area contributed by atoms with E-state index in [-0.39, 0.29) is 0 Å². The molecular weight excluding hydrogens is 186 g/mol. The molecule has 0 bridgehead atoms. The molecule has 0 radical (unpaired) electrons. The molecule has 0 aromatic rings. The fourth-order valence-electron chi connectivity index (χ4n) is 2.80. The van der Waals surface area contributed by atoms with Gasteiger partial charge in [-0.2, -0.15) is 0 Å². The van der Waals surface area contributed by atoms with Crippen molar-refractivity contribution < 1.29 is 0 Å². The zero-order valence-corrected chi connectivity index (χ0v) is 10.2. The Balaban J connectivity index is 1.62. The van der Waals surface area contributed by atoms with Gasteiger partial charge in [-0.05, 0) is 52.0 Å². The van der Waals surface area contributed by atoms with Crippen LogP contribution >= 0.6 is 0 Å². The number of nitrogens with one attached hydrogen (secondary N) is 1. The highest BCUT2D eigenvalue weighted by Gasteiger charge is 2.23. The Morgan fingerprint density at radius 1 is 1.20 bits per heavy atom. The highest BCUT2D eigenvalue weighted by atomic mass is 15.2. The molecule has 0 aromatic heterocycles. The van der Waals surface area contributed by atoms with E-state index in [1.807, 2.05) is 0 Å². The molecule has 0 aromatic carbocycles. The van der Waals surface area contributed by atoms with Gasteiger partial charge in [0.2, 0.25) is 0 Å². The fourth-order valence-corrected chi connectivity index (χ4v) is 2.80. The highest BCUT2D eigenvalue weighted by Crippen LogP contribution is 2.15. The van der Waals surface area contributed by atoms with E-state index in [4.69, 9.17) is 0 Å². The summed E-state index contributed by atoms with van der Waals surface area (Å²) in [6.45, 7) is 9.85. The molecule has 2 saturated heterocycles. The van der Waals surface area contributed by atoms with Crippen molar-refractivity contribution in [1.29, 1.82) is 0 Å². The van der Waals surface area contributed by atoms with Gasteiger partial charge in [0.1, 0.15) is 0 Å². The van der Waals surface area contributed by atoms with Gasteiger partial charge in [0.05, 0.1) is 0 Å². The first kappa shape index (κ1) is 11.4. The van der Waals surface area contributed by atoms with Gasteiger partial charge in [-0.15, -0.1) is 0 Å². The van der Waals surface area contributed by atoms with Crippen LogP contribution in [0.5, 0.6) is 0 Å². The Labute approximate surface area is 93.8 Å². The molecular formula is C12H25N3. The van der Waals surface area contributed by atoms with Gasteiger partial charge in [0, 0.05) is 19.1 Å². The summed E-state index contributed by atoms with van der Waals surface area (Å²) in [4.78, 5) is 4.98. The third-order valence-corrected chi connectivity index (χ3v) is 3.90. The summed E-state index contributed by atoms with van der Waals surface area (Å²) >= 11 is 0. The average Bonchev–Trinajstić information content (AvgIpc) is 2.83. The molecule has 0 spiro atoms. The van der Waals surface area contributed by atoms with Crippen molar-refractivity contribution >= 4 is 0 Å². The van der Waals surface area contributed by atoms with Crippen LogP contribution in [0.3, 0.4) is 0 Å². The summed E-state index contributed by atoms with van der Waals surface area (Å²) in [5.74, 6) is 0.899. The summed E-state index contributed by atoms with van der Waals surface area (Å²) in [6.07, 6.45) is 2.73. The van der Waals surface area contributed by atoms with Gasteiger partial charge in [-0.3, -0.25) is 0 Å². The summed E-state index contributed by atoms with van der Waals surface area (Å²) in [7, 11) is 2.22. The monoisotopic (exact) mass is 211 g/mol. The third-order valence-electron chi connectivity index (χ3n) is 3.90. The van der Waals surface area contributed by atoms with Gasteiger partial charge in [-0.1, -0.05) is 6.92 Å². The maximum Gasteiger partial charge on any atom is 0.0207 e. The van der Waals surface area contributed by atoms with Crippen molar-refractivity contribution in [3.63, 3.8) is 0 Å². The zero-order valence-electron chi connectivity index (χ0n) is 10.2. The maximum atomic E-state index is 3.73. The minimum Gasteiger partial charge on any atom is -0.312 e. The fraction of sp³-hybridized carbons (Fsp3) is 1.00. The lowest BCUT2D eigenvalue weighted by atomic mass is 10.1.